The summed E-state index contributed by atoms with van der Waals surface area (Å²) in [6.07, 6.45) is 5.87. The maximum Gasteiger partial charge on any atom is 0.220 e. The van der Waals surface area contributed by atoms with Crippen molar-refractivity contribution < 1.29 is 10.0 Å². The van der Waals surface area contributed by atoms with E-state index in [0.29, 0.717) is 25.3 Å². The molecule has 5 nitrogen and oxygen atoms in total. The molecule has 4 N–H and O–H groups in total. The van der Waals surface area contributed by atoms with Crippen LogP contribution < -0.4 is 11.1 Å². The third-order valence-electron chi connectivity index (χ3n) is 2.78. The fourth-order valence-electron chi connectivity index (χ4n) is 1.93. The highest BCUT2D eigenvalue weighted by Crippen LogP contribution is 2.27. The van der Waals surface area contributed by atoms with Gasteiger partial charge in [-0.2, -0.15) is 0 Å². The molecule has 0 bridgehead atoms. The molecule has 0 atom stereocenters. The predicted octanol–water partition coefficient (Wildman–Crippen LogP) is 0.819. The van der Waals surface area contributed by atoms with E-state index in [0.717, 1.165) is 0 Å². The number of carbonyl (C=O) groups excluding carboxylic acids is 1. The Morgan fingerprint density at radius 1 is 1.47 bits per heavy atom. The van der Waals surface area contributed by atoms with Crippen molar-refractivity contribution in [3.63, 3.8) is 0 Å². The van der Waals surface area contributed by atoms with Crippen molar-refractivity contribution in [2.24, 2.45) is 16.8 Å². The SMILES string of the molecule is NC(CCNC(=O)CC1CCCC1)=NO. The van der Waals surface area contributed by atoms with E-state index >= 15 is 0 Å². The van der Waals surface area contributed by atoms with Crippen LogP contribution in [0.25, 0.3) is 0 Å². The van der Waals surface area contributed by atoms with Gasteiger partial charge in [-0.1, -0.05) is 18.0 Å². The Labute approximate surface area is 89.7 Å². The maximum absolute atomic E-state index is 11.4. The molecule has 1 fully saturated rings. The number of amides is 1. The average molecular weight is 213 g/mol. The van der Waals surface area contributed by atoms with E-state index in [1.54, 1.807) is 0 Å². The Hall–Kier alpha value is -1.26. The Bertz CT molecular complexity index is 235. The molecular formula is C10H19N3O2. The molecule has 0 aromatic carbocycles. The first-order chi connectivity index (χ1) is 7.22. The number of nitrogens with two attached hydrogens (primary N) is 1. The van der Waals surface area contributed by atoms with E-state index in [2.05, 4.69) is 10.5 Å². The summed E-state index contributed by atoms with van der Waals surface area (Å²) in [5, 5.41) is 13.9. The topological polar surface area (TPSA) is 87.7 Å². The minimum Gasteiger partial charge on any atom is -0.409 e. The van der Waals surface area contributed by atoms with Crippen molar-refractivity contribution in [3.8, 4) is 0 Å². The molecule has 0 aromatic rings. The van der Waals surface area contributed by atoms with Crippen LogP contribution in [0.2, 0.25) is 0 Å². The van der Waals surface area contributed by atoms with Gasteiger partial charge in [-0.05, 0) is 18.8 Å². The number of nitrogens with one attached hydrogen (secondary N) is 1. The van der Waals surface area contributed by atoms with Gasteiger partial charge in [0.15, 0.2) is 0 Å². The molecule has 0 heterocycles. The van der Waals surface area contributed by atoms with E-state index in [9.17, 15) is 4.79 Å². The van der Waals surface area contributed by atoms with Crippen molar-refractivity contribution in [1.82, 2.24) is 5.32 Å². The molecule has 0 unspecified atom stereocenters. The maximum atomic E-state index is 11.4. The van der Waals surface area contributed by atoms with Crippen LogP contribution >= 0.6 is 0 Å². The van der Waals surface area contributed by atoms with E-state index in [4.69, 9.17) is 10.9 Å². The van der Waals surface area contributed by atoms with Crippen molar-refractivity contribution in [2.75, 3.05) is 6.54 Å². The first kappa shape index (κ1) is 11.8. The zero-order chi connectivity index (χ0) is 11.1. The lowest BCUT2D eigenvalue weighted by molar-refractivity contribution is -0.121. The Kier molecular flexibility index (Phi) is 4.93. The van der Waals surface area contributed by atoms with Gasteiger partial charge >= 0.3 is 0 Å². The molecule has 0 saturated heterocycles. The quantitative estimate of drug-likeness (QED) is 0.273. The number of oxime groups is 1. The molecule has 1 saturated carbocycles. The second-order valence-electron chi connectivity index (χ2n) is 4.05. The highest BCUT2D eigenvalue weighted by molar-refractivity contribution is 5.81. The van der Waals surface area contributed by atoms with E-state index in [-0.39, 0.29) is 11.7 Å². The lowest BCUT2D eigenvalue weighted by Crippen LogP contribution is -2.29. The average Bonchev–Trinajstić information content (AvgIpc) is 2.70. The Morgan fingerprint density at radius 2 is 2.13 bits per heavy atom. The van der Waals surface area contributed by atoms with Crippen LogP contribution in [-0.4, -0.2) is 23.5 Å². The molecule has 0 aromatic heterocycles. The number of hydrogen-bond donors (Lipinski definition) is 3. The zero-order valence-electron chi connectivity index (χ0n) is 8.91. The van der Waals surface area contributed by atoms with Crippen LogP contribution in [-0.2, 0) is 4.79 Å². The fraction of sp³-hybridized carbons (Fsp3) is 0.800. The Balaban J connectivity index is 2.08. The highest BCUT2D eigenvalue weighted by atomic mass is 16.4. The molecule has 0 radical (unpaired) electrons. The third kappa shape index (κ3) is 4.67. The van der Waals surface area contributed by atoms with Crippen molar-refractivity contribution in [1.29, 1.82) is 0 Å². The largest absolute Gasteiger partial charge is 0.409 e. The standard InChI is InChI=1S/C10H19N3O2/c11-9(13-15)5-6-12-10(14)7-8-3-1-2-4-8/h8,15H,1-7H2,(H2,11,13)(H,12,14). The summed E-state index contributed by atoms with van der Waals surface area (Å²) in [6.45, 7) is 0.446. The molecular weight excluding hydrogens is 194 g/mol. The minimum atomic E-state index is 0.0765. The molecule has 5 heteroatoms. The number of nitrogens with zero attached hydrogens (tertiary/aromatic N) is 1. The molecule has 1 rings (SSSR count). The summed E-state index contributed by atoms with van der Waals surface area (Å²) in [7, 11) is 0. The summed E-state index contributed by atoms with van der Waals surface area (Å²) >= 11 is 0. The molecule has 0 aliphatic heterocycles. The van der Waals surface area contributed by atoms with Gasteiger partial charge in [0, 0.05) is 19.4 Å². The zero-order valence-corrected chi connectivity index (χ0v) is 8.91. The lowest BCUT2D eigenvalue weighted by Gasteiger charge is -2.08. The number of carbonyl (C=O) groups is 1. The van der Waals surface area contributed by atoms with E-state index in [1.807, 2.05) is 0 Å². The molecule has 86 valence electrons. The molecule has 15 heavy (non-hydrogen) atoms. The van der Waals surface area contributed by atoms with Gasteiger partial charge in [-0.15, -0.1) is 0 Å². The van der Waals surface area contributed by atoms with Gasteiger partial charge < -0.3 is 16.3 Å². The minimum absolute atomic E-state index is 0.0765. The van der Waals surface area contributed by atoms with Gasteiger partial charge in [0.25, 0.3) is 0 Å². The first-order valence-corrected chi connectivity index (χ1v) is 5.45. The summed E-state index contributed by atoms with van der Waals surface area (Å²) in [5.41, 5.74) is 5.27. The number of hydrogen-bond acceptors (Lipinski definition) is 3. The summed E-state index contributed by atoms with van der Waals surface area (Å²) in [6, 6.07) is 0. The second kappa shape index (κ2) is 6.27. The molecule has 1 aliphatic rings. The van der Waals surface area contributed by atoms with Gasteiger partial charge in [-0.25, -0.2) is 0 Å². The van der Waals surface area contributed by atoms with E-state index < -0.39 is 0 Å². The van der Waals surface area contributed by atoms with Crippen LogP contribution in [0.5, 0.6) is 0 Å². The van der Waals surface area contributed by atoms with Gasteiger partial charge in [0.1, 0.15) is 5.84 Å². The third-order valence-corrected chi connectivity index (χ3v) is 2.78. The van der Waals surface area contributed by atoms with Crippen molar-refractivity contribution >= 4 is 11.7 Å². The highest BCUT2D eigenvalue weighted by Gasteiger charge is 2.17. The molecule has 1 aliphatic carbocycles. The lowest BCUT2D eigenvalue weighted by atomic mass is 10.0. The van der Waals surface area contributed by atoms with Crippen LogP contribution in [0.15, 0.2) is 5.16 Å². The van der Waals surface area contributed by atoms with Crippen molar-refractivity contribution in [3.05, 3.63) is 0 Å². The summed E-state index contributed by atoms with van der Waals surface area (Å²) < 4.78 is 0. The fourth-order valence-corrected chi connectivity index (χ4v) is 1.93. The monoisotopic (exact) mass is 213 g/mol. The summed E-state index contributed by atoms with van der Waals surface area (Å²) in [5.74, 6) is 0.790. The number of rotatable bonds is 5. The normalized spacial score (nSPS) is 18.0. The second-order valence-corrected chi connectivity index (χ2v) is 4.05. The van der Waals surface area contributed by atoms with Crippen LogP contribution in [0.3, 0.4) is 0 Å². The van der Waals surface area contributed by atoms with Gasteiger partial charge in [0.2, 0.25) is 5.91 Å². The molecule has 1 amide bonds. The predicted molar refractivity (Wildman–Crippen MR) is 57.6 cm³/mol. The van der Waals surface area contributed by atoms with E-state index in [1.165, 1.54) is 25.7 Å². The van der Waals surface area contributed by atoms with Gasteiger partial charge in [0.05, 0.1) is 0 Å². The smallest absolute Gasteiger partial charge is 0.220 e. The van der Waals surface area contributed by atoms with Crippen molar-refractivity contribution in [2.45, 2.75) is 38.5 Å². The Morgan fingerprint density at radius 3 is 2.73 bits per heavy atom. The van der Waals surface area contributed by atoms with Crippen LogP contribution in [0.4, 0.5) is 0 Å². The summed E-state index contributed by atoms with van der Waals surface area (Å²) in [4.78, 5) is 11.4. The number of amidine groups is 1. The first-order valence-electron chi connectivity index (χ1n) is 5.45. The van der Waals surface area contributed by atoms with Crippen LogP contribution in [0.1, 0.15) is 38.5 Å². The van der Waals surface area contributed by atoms with Gasteiger partial charge in [-0.3, -0.25) is 4.79 Å². The van der Waals surface area contributed by atoms with Crippen LogP contribution in [0, 0.1) is 5.92 Å². The molecule has 0 spiro atoms.